The summed E-state index contributed by atoms with van der Waals surface area (Å²) in [7, 11) is -1.58. The van der Waals surface area contributed by atoms with Gasteiger partial charge in [-0.3, -0.25) is 4.79 Å². The van der Waals surface area contributed by atoms with Gasteiger partial charge in [0.05, 0.1) is 17.2 Å². The van der Waals surface area contributed by atoms with Crippen LogP contribution in [0.1, 0.15) is 16.9 Å². The number of rotatable bonds is 4. The number of halogens is 2. The molecule has 138 valence electrons. The van der Waals surface area contributed by atoms with E-state index < -0.39 is 27.4 Å². The van der Waals surface area contributed by atoms with Crippen molar-refractivity contribution in [1.82, 2.24) is 15.1 Å². The summed E-state index contributed by atoms with van der Waals surface area (Å²) in [5, 5.41) is 10.3. The molecule has 1 atom stereocenters. The van der Waals surface area contributed by atoms with Crippen LogP contribution in [0.2, 0.25) is 0 Å². The van der Waals surface area contributed by atoms with Crippen LogP contribution in [0.3, 0.4) is 0 Å². The van der Waals surface area contributed by atoms with E-state index in [0.717, 1.165) is 12.1 Å². The van der Waals surface area contributed by atoms with Gasteiger partial charge in [-0.05, 0) is 30.7 Å². The maximum Gasteiger partial charge on any atom is 0.274 e. The molecule has 0 saturated carbocycles. The molecule has 1 N–H and O–H groups in total. The number of hydrogen-bond donors (Lipinski definition) is 1. The monoisotopic (exact) mass is 382 g/mol. The fourth-order valence-corrected chi connectivity index (χ4v) is 4.44. The summed E-state index contributed by atoms with van der Waals surface area (Å²) in [6.45, 7) is 0. The molecule has 0 spiro atoms. The lowest BCUT2D eigenvalue weighted by atomic mass is 10.2. The first-order valence-corrected chi connectivity index (χ1v) is 9.61. The molecule has 1 aromatic heterocycles. The van der Waals surface area contributed by atoms with Gasteiger partial charge < -0.3 is 10.2 Å². The number of aromatic nitrogens is 2. The van der Waals surface area contributed by atoms with Crippen molar-refractivity contribution in [1.29, 1.82) is 0 Å². The Morgan fingerprint density at radius 3 is 2.58 bits per heavy atom. The number of amides is 1. The zero-order valence-corrected chi connectivity index (χ0v) is 14.6. The molecule has 26 heavy (non-hydrogen) atoms. The highest BCUT2D eigenvalue weighted by atomic mass is 32.2. The normalized spacial score (nSPS) is 18.5. The van der Waals surface area contributed by atoms with E-state index in [1.54, 1.807) is 0 Å². The smallest absolute Gasteiger partial charge is 0.274 e. The first-order chi connectivity index (χ1) is 12.2. The highest BCUT2D eigenvalue weighted by Gasteiger charge is 2.33. The molecular formula is C16H16F2N4O3S. The van der Waals surface area contributed by atoms with Crippen LogP contribution in [-0.4, -0.2) is 54.0 Å². The van der Waals surface area contributed by atoms with Crippen LogP contribution >= 0.6 is 0 Å². The highest BCUT2D eigenvalue weighted by Crippen LogP contribution is 2.20. The number of anilines is 2. The molecule has 1 unspecified atom stereocenters. The Morgan fingerprint density at radius 2 is 2.00 bits per heavy atom. The van der Waals surface area contributed by atoms with Crippen LogP contribution in [0, 0.1) is 11.6 Å². The summed E-state index contributed by atoms with van der Waals surface area (Å²) in [6.07, 6.45) is 0.390. The summed E-state index contributed by atoms with van der Waals surface area (Å²) >= 11 is 0. The molecule has 1 aromatic carbocycles. The third-order valence-electron chi connectivity index (χ3n) is 4.15. The minimum atomic E-state index is -3.11. The second kappa shape index (κ2) is 6.94. The molecule has 1 saturated heterocycles. The third kappa shape index (κ3) is 3.96. The number of sulfone groups is 1. The van der Waals surface area contributed by atoms with Crippen LogP contribution < -0.4 is 5.32 Å². The van der Waals surface area contributed by atoms with Gasteiger partial charge in [0.2, 0.25) is 0 Å². The molecule has 1 amide bonds. The Balaban J connectivity index is 1.70. The van der Waals surface area contributed by atoms with Gasteiger partial charge in [0.15, 0.2) is 21.3 Å². The van der Waals surface area contributed by atoms with E-state index in [4.69, 9.17) is 0 Å². The van der Waals surface area contributed by atoms with Crippen molar-refractivity contribution in [2.24, 2.45) is 0 Å². The van der Waals surface area contributed by atoms with E-state index in [9.17, 15) is 22.0 Å². The molecule has 0 radical (unpaired) electrons. The minimum Gasteiger partial charge on any atom is -0.336 e. The molecule has 7 nitrogen and oxygen atoms in total. The molecule has 10 heteroatoms. The molecule has 1 aliphatic rings. The van der Waals surface area contributed by atoms with Crippen molar-refractivity contribution < 1.29 is 22.0 Å². The summed E-state index contributed by atoms with van der Waals surface area (Å²) < 4.78 is 49.6. The van der Waals surface area contributed by atoms with Crippen LogP contribution in [0.5, 0.6) is 0 Å². The van der Waals surface area contributed by atoms with E-state index >= 15 is 0 Å². The number of carbonyl (C=O) groups excluding carboxylic acids is 1. The maximum absolute atomic E-state index is 13.6. The Bertz CT molecular complexity index is 935. The lowest BCUT2D eigenvalue weighted by Crippen LogP contribution is -2.38. The van der Waals surface area contributed by atoms with Gasteiger partial charge >= 0.3 is 0 Å². The first-order valence-electron chi connectivity index (χ1n) is 7.78. The molecule has 0 aliphatic carbocycles. The predicted octanol–water partition coefficient (Wildman–Crippen LogP) is 1.76. The number of hydrogen-bond acceptors (Lipinski definition) is 6. The van der Waals surface area contributed by atoms with Crippen LogP contribution in [-0.2, 0) is 9.84 Å². The molecule has 2 aromatic rings. The predicted molar refractivity (Wildman–Crippen MR) is 90.8 cm³/mol. The van der Waals surface area contributed by atoms with E-state index in [2.05, 4.69) is 15.5 Å². The Morgan fingerprint density at radius 1 is 1.23 bits per heavy atom. The van der Waals surface area contributed by atoms with Crippen molar-refractivity contribution in [3.05, 3.63) is 47.7 Å². The van der Waals surface area contributed by atoms with Gasteiger partial charge in [-0.2, -0.15) is 0 Å². The van der Waals surface area contributed by atoms with E-state index in [1.165, 1.54) is 30.1 Å². The Hall–Kier alpha value is -2.62. The van der Waals surface area contributed by atoms with Gasteiger partial charge in [0.1, 0.15) is 11.6 Å². The lowest BCUT2D eigenvalue weighted by molar-refractivity contribution is 0.0740. The summed E-state index contributed by atoms with van der Waals surface area (Å²) in [5.41, 5.74) is 0.0648. The Labute approximate surface area is 149 Å². The fraction of sp³-hybridized carbons (Fsp3) is 0.312. The maximum atomic E-state index is 13.6. The average molecular weight is 382 g/mol. The van der Waals surface area contributed by atoms with E-state index in [0.29, 0.717) is 6.42 Å². The zero-order valence-electron chi connectivity index (χ0n) is 13.8. The fourth-order valence-electron chi connectivity index (χ4n) is 2.67. The molecule has 2 heterocycles. The third-order valence-corrected chi connectivity index (χ3v) is 5.90. The van der Waals surface area contributed by atoms with Crippen molar-refractivity contribution in [2.45, 2.75) is 12.5 Å². The molecule has 1 fully saturated rings. The lowest BCUT2D eigenvalue weighted by Gasteiger charge is -2.22. The van der Waals surface area contributed by atoms with Gasteiger partial charge in [-0.1, -0.05) is 0 Å². The van der Waals surface area contributed by atoms with Crippen molar-refractivity contribution in [3.8, 4) is 0 Å². The second-order valence-electron chi connectivity index (χ2n) is 6.03. The SMILES string of the molecule is CN(C(=O)c1ccc(Nc2ccc(F)cc2F)nn1)C1CCS(=O)(=O)C1. The number of carbonyl (C=O) groups is 1. The number of benzene rings is 1. The van der Waals surface area contributed by atoms with Crippen molar-refractivity contribution >= 4 is 27.2 Å². The zero-order chi connectivity index (χ0) is 18.9. The largest absolute Gasteiger partial charge is 0.336 e. The van der Waals surface area contributed by atoms with Crippen LogP contribution in [0.4, 0.5) is 20.3 Å². The molecule has 1 aliphatic heterocycles. The number of nitrogens with zero attached hydrogens (tertiary/aromatic N) is 3. The van der Waals surface area contributed by atoms with E-state index in [1.807, 2.05) is 0 Å². The van der Waals surface area contributed by atoms with Crippen molar-refractivity contribution in [2.75, 3.05) is 23.9 Å². The minimum absolute atomic E-state index is 0.0213. The van der Waals surface area contributed by atoms with Gasteiger partial charge in [0.25, 0.3) is 5.91 Å². The standard InChI is InChI=1S/C16H16F2N4O3S/c1-22(11-6-7-26(24,25)9-11)16(23)14-4-5-15(21-20-14)19-13-3-2-10(17)8-12(13)18/h2-5,8,11H,6-7,9H2,1H3,(H,19,21). The summed E-state index contributed by atoms with van der Waals surface area (Å²) in [5.74, 6) is -1.75. The highest BCUT2D eigenvalue weighted by molar-refractivity contribution is 7.91. The van der Waals surface area contributed by atoms with Gasteiger partial charge in [-0.25, -0.2) is 17.2 Å². The van der Waals surface area contributed by atoms with Crippen LogP contribution in [0.15, 0.2) is 30.3 Å². The number of nitrogens with one attached hydrogen (secondary N) is 1. The van der Waals surface area contributed by atoms with E-state index in [-0.39, 0.29) is 34.7 Å². The second-order valence-corrected chi connectivity index (χ2v) is 8.25. The average Bonchev–Trinajstić information content (AvgIpc) is 2.97. The molecular weight excluding hydrogens is 366 g/mol. The first kappa shape index (κ1) is 18.2. The summed E-state index contributed by atoms with van der Waals surface area (Å²) in [6, 6.07) is 5.50. The van der Waals surface area contributed by atoms with Crippen molar-refractivity contribution in [3.63, 3.8) is 0 Å². The van der Waals surface area contributed by atoms with Gasteiger partial charge in [-0.15, -0.1) is 10.2 Å². The quantitative estimate of drug-likeness (QED) is 0.866. The Kier molecular flexibility index (Phi) is 4.86. The van der Waals surface area contributed by atoms with Gasteiger partial charge in [0, 0.05) is 19.2 Å². The molecule has 0 bridgehead atoms. The summed E-state index contributed by atoms with van der Waals surface area (Å²) in [4.78, 5) is 13.8. The topological polar surface area (TPSA) is 92.3 Å². The molecule has 3 rings (SSSR count). The van der Waals surface area contributed by atoms with Crippen LogP contribution in [0.25, 0.3) is 0 Å².